The lowest BCUT2D eigenvalue weighted by molar-refractivity contribution is 0.288. The molecule has 1 saturated heterocycles. The Hall–Kier alpha value is -0.450. The molecule has 0 amide bonds. The summed E-state index contributed by atoms with van der Waals surface area (Å²) in [5, 5.41) is 4.85. The van der Waals surface area contributed by atoms with Gasteiger partial charge in [-0.05, 0) is 53.6 Å². The fourth-order valence-corrected chi connectivity index (χ4v) is 3.77. The number of aromatic nitrogens is 1. The van der Waals surface area contributed by atoms with Gasteiger partial charge in [0.05, 0.1) is 10.7 Å². The van der Waals surface area contributed by atoms with Crippen LogP contribution in [0, 0.1) is 13.8 Å². The van der Waals surface area contributed by atoms with Crippen molar-refractivity contribution in [3.63, 3.8) is 0 Å². The second-order valence-electron chi connectivity index (χ2n) is 5.47. The van der Waals surface area contributed by atoms with E-state index < -0.39 is 0 Å². The molecule has 2 rings (SSSR count). The van der Waals surface area contributed by atoms with E-state index in [1.165, 1.54) is 41.5 Å². The van der Waals surface area contributed by atoms with E-state index in [0.717, 1.165) is 6.54 Å². The fourth-order valence-electron chi connectivity index (χ4n) is 2.86. The molecule has 0 bridgehead atoms. The van der Waals surface area contributed by atoms with Gasteiger partial charge in [0.15, 0.2) is 0 Å². The van der Waals surface area contributed by atoms with Crippen LogP contribution in [0.5, 0.6) is 0 Å². The number of hydrogen-bond acceptors (Lipinski definition) is 4. The Kier molecular flexibility index (Phi) is 4.76. The predicted octanol–water partition coefficient (Wildman–Crippen LogP) is 2.89. The molecule has 0 radical (unpaired) electrons. The zero-order valence-corrected chi connectivity index (χ0v) is 12.8. The molecule has 1 N–H and O–H groups in total. The maximum Gasteiger partial charge on any atom is 0.0900 e. The quantitative estimate of drug-likeness (QED) is 0.889. The third-order valence-electron chi connectivity index (χ3n) is 3.61. The molecule has 1 aliphatic rings. The summed E-state index contributed by atoms with van der Waals surface area (Å²) in [5.74, 6) is 0. The number of aryl methyl sites for hydroxylation is 2. The first-order valence-corrected chi connectivity index (χ1v) is 7.80. The van der Waals surface area contributed by atoms with Crippen LogP contribution >= 0.6 is 11.3 Å². The van der Waals surface area contributed by atoms with Crippen molar-refractivity contribution in [3.05, 3.63) is 15.6 Å². The maximum absolute atomic E-state index is 4.64. The lowest BCUT2D eigenvalue weighted by Crippen LogP contribution is -2.39. The van der Waals surface area contributed by atoms with E-state index in [1.807, 2.05) is 0 Å². The molecule has 1 aromatic rings. The topological polar surface area (TPSA) is 28.2 Å². The minimum Gasteiger partial charge on any atom is -0.305 e. The molecule has 0 spiro atoms. The van der Waals surface area contributed by atoms with Gasteiger partial charge in [0, 0.05) is 23.5 Å². The summed E-state index contributed by atoms with van der Waals surface area (Å²) in [7, 11) is 0. The average Bonchev–Trinajstić information content (AvgIpc) is 2.88. The van der Waals surface area contributed by atoms with Crippen molar-refractivity contribution in [1.29, 1.82) is 0 Å². The van der Waals surface area contributed by atoms with E-state index in [1.54, 1.807) is 11.3 Å². The highest BCUT2D eigenvalue weighted by Crippen LogP contribution is 2.22. The Balaban J connectivity index is 1.86. The van der Waals surface area contributed by atoms with Crippen LogP contribution in [0.1, 0.15) is 48.3 Å². The highest BCUT2D eigenvalue weighted by Gasteiger charge is 2.18. The Bertz CT molecular complexity index is 382. The molecular weight excluding hydrogens is 242 g/mol. The first kappa shape index (κ1) is 14.0. The zero-order valence-electron chi connectivity index (χ0n) is 12.0. The lowest BCUT2D eigenvalue weighted by Gasteiger charge is -2.24. The minimum atomic E-state index is 0.354. The largest absolute Gasteiger partial charge is 0.305 e. The molecule has 18 heavy (non-hydrogen) atoms. The molecule has 0 aliphatic carbocycles. The van der Waals surface area contributed by atoms with Crippen molar-refractivity contribution in [3.8, 4) is 0 Å². The molecule has 102 valence electrons. The van der Waals surface area contributed by atoms with Crippen LogP contribution in [0.2, 0.25) is 0 Å². The lowest BCUT2D eigenvalue weighted by atomic mass is 10.2. The first-order valence-electron chi connectivity index (χ1n) is 6.98. The van der Waals surface area contributed by atoms with E-state index in [2.05, 4.69) is 42.9 Å². The Morgan fingerprint density at radius 2 is 1.94 bits per heavy atom. The van der Waals surface area contributed by atoms with Crippen LogP contribution in [0.25, 0.3) is 0 Å². The van der Waals surface area contributed by atoms with Gasteiger partial charge in [-0.25, -0.2) is 4.98 Å². The Morgan fingerprint density at radius 1 is 1.28 bits per heavy atom. The van der Waals surface area contributed by atoms with E-state index in [-0.39, 0.29) is 0 Å². The van der Waals surface area contributed by atoms with Gasteiger partial charge in [-0.15, -0.1) is 11.3 Å². The van der Waals surface area contributed by atoms with Crippen molar-refractivity contribution >= 4 is 11.3 Å². The van der Waals surface area contributed by atoms with Gasteiger partial charge >= 0.3 is 0 Å². The van der Waals surface area contributed by atoms with Gasteiger partial charge in [-0.2, -0.15) is 0 Å². The normalized spacial score (nSPS) is 20.2. The van der Waals surface area contributed by atoms with Crippen molar-refractivity contribution in [2.45, 2.75) is 52.6 Å². The van der Waals surface area contributed by atoms with Gasteiger partial charge in [-0.1, -0.05) is 0 Å². The van der Waals surface area contributed by atoms with Crippen LogP contribution in [-0.2, 0) is 0 Å². The molecule has 2 unspecified atom stereocenters. The van der Waals surface area contributed by atoms with Crippen LogP contribution in [0.4, 0.5) is 0 Å². The van der Waals surface area contributed by atoms with Gasteiger partial charge < -0.3 is 10.2 Å². The third kappa shape index (κ3) is 3.53. The van der Waals surface area contributed by atoms with E-state index in [9.17, 15) is 0 Å². The molecule has 1 aliphatic heterocycles. The molecule has 1 aromatic heterocycles. The van der Waals surface area contributed by atoms with E-state index in [4.69, 9.17) is 0 Å². The smallest absolute Gasteiger partial charge is 0.0900 e. The number of hydrogen-bond donors (Lipinski definition) is 1. The van der Waals surface area contributed by atoms with Crippen LogP contribution in [-0.4, -0.2) is 35.6 Å². The van der Waals surface area contributed by atoms with E-state index >= 15 is 0 Å². The standard InChI is InChI=1S/C14H25N3S/c1-10(9-17-7-5-6-8-17)15-11(2)14-12(3)18-13(4)16-14/h10-11,15H,5-9H2,1-4H3. The second-order valence-corrected chi connectivity index (χ2v) is 6.88. The number of likely N-dealkylation sites (tertiary alicyclic amines) is 1. The van der Waals surface area contributed by atoms with Crippen LogP contribution in [0.15, 0.2) is 0 Å². The minimum absolute atomic E-state index is 0.354. The SMILES string of the molecule is Cc1nc(C(C)NC(C)CN2CCCC2)c(C)s1. The first-order chi connectivity index (χ1) is 8.56. The van der Waals surface area contributed by atoms with E-state index in [0.29, 0.717) is 12.1 Å². The molecule has 0 saturated carbocycles. The monoisotopic (exact) mass is 267 g/mol. The van der Waals surface area contributed by atoms with Gasteiger partial charge in [0.25, 0.3) is 0 Å². The van der Waals surface area contributed by atoms with Gasteiger partial charge in [-0.3, -0.25) is 0 Å². The predicted molar refractivity (Wildman–Crippen MR) is 78.3 cm³/mol. The molecule has 2 heterocycles. The molecule has 1 fully saturated rings. The van der Waals surface area contributed by atoms with Crippen molar-refractivity contribution in [2.24, 2.45) is 0 Å². The molecule has 4 heteroatoms. The average molecular weight is 267 g/mol. The highest BCUT2D eigenvalue weighted by molar-refractivity contribution is 7.11. The number of nitrogens with zero attached hydrogens (tertiary/aromatic N) is 2. The third-order valence-corrected chi connectivity index (χ3v) is 4.52. The van der Waals surface area contributed by atoms with Crippen molar-refractivity contribution in [1.82, 2.24) is 15.2 Å². The fraction of sp³-hybridized carbons (Fsp3) is 0.786. The summed E-state index contributed by atoms with van der Waals surface area (Å²) in [6, 6.07) is 0.882. The molecular formula is C14H25N3S. The number of thiazole rings is 1. The van der Waals surface area contributed by atoms with Gasteiger partial charge in [0.2, 0.25) is 0 Å². The summed E-state index contributed by atoms with van der Waals surface area (Å²) in [4.78, 5) is 8.54. The summed E-state index contributed by atoms with van der Waals surface area (Å²) < 4.78 is 0. The summed E-state index contributed by atoms with van der Waals surface area (Å²) in [6.07, 6.45) is 2.74. The number of rotatable bonds is 5. The Morgan fingerprint density at radius 3 is 2.50 bits per heavy atom. The molecule has 0 aromatic carbocycles. The van der Waals surface area contributed by atoms with Crippen molar-refractivity contribution in [2.75, 3.05) is 19.6 Å². The molecule has 3 nitrogen and oxygen atoms in total. The number of nitrogens with one attached hydrogen (secondary N) is 1. The molecule has 2 atom stereocenters. The summed E-state index contributed by atoms with van der Waals surface area (Å²) in [5.41, 5.74) is 1.23. The second kappa shape index (κ2) is 6.13. The van der Waals surface area contributed by atoms with Crippen molar-refractivity contribution < 1.29 is 0 Å². The maximum atomic E-state index is 4.64. The van der Waals surface area contributed by atoms with Crippen LogP contribution < -0.4 is 5.32 Å². The van der Waals surface area contributed by atoms with Gasteiger partial charge in [0.1, 0.15) is 0 Å². The Labute approximate surface area is 115 Å². The summed E-state index contributed by atoms with van der Waals surface area (Å²) in [6.45, 7) is 12.5. The zero-order chi connectivity index (χ0) is 13.1. The van der Waals surface area contributed by atoms with Crippen LogP contribution in [0.3, 0.4) is 0 Å². The highest BCUT2D eigenvalue weighted by atomic mass is 32.1. The summed E-state index contributed by atoms with van der Waals surface area (Å²) >= 11 is 1.80.